The van der Waals surface area contributed by atoms with E-state index in [1.54, 1.807) is 12.1 Å². The molecule has 1 saturated carbocycles. The predicted molar refractivity (Wildman–Crippen MR) is 90.3 cm³/mol. The van der Waals surface area contributed by atoms with Gasteiger partial charge in [-0.2, -0.15) is 0 Å². The van der Waals surface area contributed by atoms with Gasteiger partial charge in [0.15, 0.2) is 0 Å². The molecule has 0 spiro atoms. The largest absolute Gasteiger partial charge is 0.396 e. The predicted octanol–water partition coefficient (Wildman–Crippen LogP) is 1.68. The fourth-order valence-corrected chi connectivity index (χ4v) is 3.57. The molecule has 0 amide bonds. The van der Waals surface area contributed by atoms with E-state index in [4.69, 9.17) is 23.2 Å². The van der Waals surface area contributed by atoms with E-state index in [1.807, 2.05) is 23.6 Å². The molecule has 1 aliphatic rings. The van der Waals surface area contributed by atoms with E-state index in [1.165, 1.54) is 0 Å². The zero-order valence-corrected chi connectivity index (χ0v) is 14.3. The molecule has 126 valence electrons. The van der Waals surface area contributed by atoms with Gasteiger partial charge in [0.2, 0.25) is 5.95 Å². The van der Waals surface area contributed by atoms with E-state index in [9.17, 15) is 15.3 Å². The van der Waals surface area contributed by atoms with Gasteiger partial charge >= 0.3 is 0 Å². The molecule has 3 unspecified atom stereocenters. The molecule has 6 nitrogen and oxygen atoms in total. The Bertz CT molecular complexity index is 734. The van der Waals surface area contributed by atoms with Crippen molar-refractivity contribution in [2.45, 2.75) is 24.7 Å². The lowest BCUT2D eigenvalue weighted by Crippen LogP contribution is -2.31. The number of aromatic nitrogens is 2. The number of anilines is 1. The van der Waals surface area contributed by atoms with Gasteiger partial charge in [-0.1, -0.05) is 23.2 Å². The standard InChI is InChI=1S/C15H19Cl2N3O3/c1-19(2)15-18-10-4-8(16)9(17)5-11(10)20(15)12-3-7(6-21)13(22)14(12)23/h4-5,7,12-14,21-23H,3,6H2,1-2H3/t7?,12-,13?,14?/m0/s1. The lowest BCUT2D eigenvalue weighted by atomic mass is 10.1. The molecule has 0 aliphatic heterocycles. The number of benzene rings is 1. The van der Waals surface area contributed by atoms with E-state index in [0.717, 1.165) is 5.52 Å². The van der Waals surface area contributed by atoms with E-state index in [2.05, 4.69) is 4.98 Å². The van der Waals surface area contributed by atoms with Crippen LogP contribution in [0.5, 0.6) is 0 Å². The Kier molecular flexibility index (Phi) is 4.46. The minimum absolute atomic E-state index is 0.175. The molecule has 1 aromatic carbocycles. The summed E-state index contributed by atoms with van der Waals surface area (Å²) in [6.07, 6.45) is -1.51. The third-order valence-electron chi connectivity index (χ3n) is 4.45. The first-order chi connectivity index (χ1) is 10.8. The van der Waals surface area contributed by atoms with Crippen LogP contribution in [0.3, 0.4) is 0 Å². The Hall–Kier alpha value is -1.05. The third kappa shape index (κ3) is 2.68. The van der Waals surface area contributed by atoms with Crippen LogP contribution in [0.25, 0.3) is 11.0 Å². The molecule has 1 aromatic heterocycles. The Labute approximate surface area is 143 Å². The number of hydrogen-bond acceptors (Lipinski definition) is 5. The summed E-state index contributed by atoms with van der Waals surface area (Å²) in [6, 6.07) is 3.00. The molecule has 1 heterocycles. The van der Waals surface area contributed by atoms with Crippen LogP contribution in [0.4, 0.5) is 5.95 Å². The first-order valence-electron chi connectivity index (χ1n) is 7.36. The monoisotopic (exact) mass is 359 g/mol. The van der Waals surface area contributed by atoms with E-state index >= 15 is 0 Å². The first kappa shape index (κ1) is 16.8. The van der Waals surface area contributed by atoms with Crippen LogP contribution in [0.15, 0.2) is 12.1 Å². The van der Waals surface area contributed by atoms with Crippen molar-refractivity contribution >= 4 is 40.2 Å². The summed E-state index contributed by atoms with van der Waals surface area (Å²) >= 11 is 12.2. The maximum absolute atomic E-state index is 10.4. The number of rotatable bonds is 3. The highest BCUT2D eigenvalue weighted by Gasteiger charge is 2.43. The zero-order chi connectivity index (χ0) is 16.9. The van der Waals surface area contributed by atoms with Crippen molar-refractivity contribution in [2.24, 2.45) is 5.92 Å². The van der Waals surface area contributed by atoms with Crippen molar-refractivity contribution in [1.29, 1.82) is 0 Å². The van der Waals surface area contributed by atoms with Gasteiger partial charge < -0.3 is 24.8 Å². The van der Waals surface area contributed by atoms with Crippen molar-refractivity contribution in [3.8, 4) is 0 Å². The van der Waals surface area contributed by atoms with Crippen molar-refractivity contribution in [3.05, 3.63) is 22.2 Å². The SMILES string of the molecule is CN(C)c1nc2cc(Cl)c(Cl)cc2n1[C@H]1CC(CO)C(O)C1O. The summed E-state index contributed by atoms with van der Waals surface area (Å²) in [4.78, 5) is 6.39. The number of imidazole rings is 1. The fraction of sp³-hybridized carbons (Fsp3) is 0.533. The second-order valence-electron chi connectivity index (χ2n) is 6.16. The number of fused-ring (bicyclic) bond motifs is 1. The van der Waals surface area contributed by atoms with E-state index in [0.29, 0.717) is 27.9 Å². The van der Waals surface area contributed by atoms with Crippen LogP contribution in [0.1, 0.15) is 12.5 Å². The molecular formula is C15H19Cl2N3O3. The Morgan fingerprint density at radius 2 is 1.87 bits per heavy atom. The first-order valence-corrected chi connectivity index (χ1v) is 8.12. The maximum Gasteiger partial charge on any atom is 0.206 e. The van der Waals surface area contributed by atoms with Gasteiger partial charge in [-0.15, -0.1) is 0 Å². The molecule has 2 aromatic rings. The topological polar surface area (TPSA) is 81.8 Å². The summed E-state index contributed by atoms with van der Waals surface area (Å²) in [5.41, 5.74) is 1.40. The van der Waals surface area contributed by atoms with Crippen LogP contribution in [0, 0.1) is 5.92 Å². The van der Waals surface area contributed by atoms with Crippen LogP contribution >= 0.6 is 23.2 Å². The molecular weight excluding hydrogens is 341 g/mol. The minimum Gasteiger partial charge on any atom is -0.396 e. The summed E-state index contributed by atoms with van der Waals surface area (Å²) in [5.74, 6) is 0.262. The van der Waals surface area contributed by atoms with Crippen LogP contribution in [0.2, 0.25) is 10.0 Å². The van der Waals surface area contributed by atoms with E-state index < -0.39 is 18.2 Å². The van der Waals surface area contributed by atoms with Crippen molar-refractivity contribution in [2.75, 3.05) is 25.6 Å². The highest BCUT2D eigenvalue weighted by molar-refractivity contribution is 6.42. The quantitative estimate of drug-likeness (QED) is 0.776. The molecule has 3 N–H and O–H groups in total. The average molecular weight is 360 g/mol. The van der Waals surface area contributed by atoms with E-state index in [-0.39, 0.29) is 12.5 Å². The highest BCUT2D eigenvalue weighted by Crippen LogP contribution is 2.41. The zero-order valence-electron chi connectivity index (χ0n) is 12.8. The second kappa shape index (κ2) is 6.11. The maximum atomic E-state index is 10.4. The Balaban J connectivity index is 2.19. The number of halogens is 2. The summed E-state index contributed by atoms with van der Waals surface area (Å²) in [6.45, 7) is -0.175. The van der Waals surface area contributed by atoms with Gasteiger partial charge in [0.25, 0.3) is 0 Å². The van der Waals surface area contributed by atoms with Crippen LogP contribution in [-0.2, 0) is 0 Å². The van der Waals surface area contributed by atoms with Gasteiger partial charge in [-0.3, -0.25) is 0 Å². The van der Waals surface area contributed by atoms with Gasteiger partial charge in [0, 0.05) is 26.6 Å². The van der Waals surface area contributed by atoms with Crippen LogP contribution in [-0.4, -0.2) is 57.8 Å². The van der Waals surface area contributed by atoms with Crippen molar-refractivity contribution in [1.82, 2.24) is 9.55 Å². The van der Waals surface area contributed by atoms with Crippen molar-refractivity contribution < 1.29 is 15.3 Å². The Morgan fingerprint density at radius 3 is 2.43 bits per heavy atom. The van der Waals surface area contributed by atoms with Gasteiger partial charge in [-0.05, 0) is 18.6 Å². The molecule has 23 heavy (non-hydrogen) atoms. The molecule has 4 atom stereocenters. The fourth-order valence-electron chi connectivity index (χ4n) is 3.26. The number of nitrogens with zero attached hydrogens (tertiary/aromatic N) is 3. The molecule has 0 radical (unpaired) electrons. The lowest BCUT2D eigenvalue weighted by Gasteiger charge is -2.23. The molecule has 1 fully saturated rings. The average Bonchev–Trinajstić information content (AvgIpc) is 2.99. The number of hydrogen-bond donors (Lipinski definition) is 3. The number of aliphatic hydroxyl groups excluding tert-OH is 3. The highest BCUT2D eigenvalue weighted by atomic mass is 35.5. The smallest absolute Gasteiger partial charge is 0.206 e. The molecule has 0 saturated heterocycles. The number of aliphatic hydroxyl groups is 3. The van der Waals surface area contributed by atoms with Gasteiger partial charge in [-0.25, -0.2) is 4.98 Å². The summed E-state index contributed by atoms with van der Waals surface area (Å²) in [5, 5.41) is 30.8. The second-order valence-corrected chi connectivity index (χ2v) is 6.97. The third-order valence-corrected chi connectivity index (χ3v) is 5.17. The van der Waals surface area contributed by atoms with Crippen LogP contribution < -0.4 is 4.90 Å². The molecule has 3 rings (SSSR count). The van der Waals surface area contributed by atoms with Crippen molar-refractivity contribution in [3.63, 3.8) is 0 Å². The minimum atomic E-state index is -0.988. The van der Waals surface area contributed by atoms with Gasteiger partial charge in [0.05, 0.1) is 33.2 Å². The lowest BCUT2D eigenvalue weighted by molar-refractivity contribution is -0.00350. The van der Waals surface area contributed by atoms with Gasteiger partial charge in [0.1, 0.15) is 6.10 Å². The molecule has 1 aliphatic carbocycles. The summed E-state index contributed by atoms with van der Waals surface area (Å²) < 4.78 is 1.86. The normalized spacial score (nSPS) is 27.8. The molecule has 8 heteroatoms. The molecule has 0 bridgehead atoms. The Morgan fingerprint density at radius 1 is 1.22 bits per heavy atom. The summed E-state index contributed by atoms with van der Waals surface area (Å²) in [7, 11) is 3.70.